The van der Waals surface area contributed by atoms with Gasteiger partial charge in [0.05, 0.1) is 0 Å². The maximum atomic E-state index is 10.4. The molecule has 0 aliphatic heterocycles. The van der Waals surface area contributed by atoms with Gasteiger partial charge in [-0.1, -0.05) is 24.6 Å². The van der Waals surface area contributed by atoms with E-state index in [4.69, 9.17) is 11.6 Å². The highest BCUT2D eigenvalue weighted by Gasteiger charge is 2.15. The number of hydrogen-bond acceptors (Lipinski definition) is 2. The van der Waals surface area contributed by atoms with Crippen LogP contribution < -0.4 is 0 Å². The van der Waals surface area contributed by atoms with Crippen LogP contribution in [0.1, 0.15) is 30.4 Å². The summed E-state index contributed by atoms with van der Waals surface area (Å²) in [6.45, 7) is 3.68. The summed E-state index contributed by atoms with van der Waals surface area (Å²) in [6, 6.07) is 3.50. The third-order valence-corrected chi connectivity index (χ3v) is 2.64. The standard InChI is InChI=1S/C11H13ClO2/c1-7(5-6-13)10-9(12)4-3-8(2)11(10)14/h3-4,6-7,14H,5H2,1-2H3. The minimum absolute atomic E-state index is 0.0418. The Kier molecular flexibility index (Phi) is 3.53. The summed E-state index contributed by atoms with van der Waals surface area (Å²) in [5, 5.41) is 10.3. The lowest BCUT2D eigenvalue weighted by molar-refractivity contribution is -0.108. The van der Waals surface area contributed by atoms with Crippen LogP contribution in [0.4, 0.5) is 0 Å². The fourth-order valence-corrected chi connectivity index (χ4v) is 1.76. The lowest BCUT2D eigenvalue weighted by Crippen LogP contribution is -1.97. The summed E-state index contributed by atoms with van der Waals surface area (Å²) in [4.78, 5) is 10.4. The molecule has 0 heterocycles. The van der Waals surface area contributed by atoms with Gasteiger partial charge in [-0.25, -0.2) is 0 Å². The van der Waals surface area contributed by atoms with Crippen molar-refractivity contribution in [1.29, 1.82) is 0 Å². The van der Waals surface area contributed by atoms with Crippen molar-refractivity contribution < 1.29 is 9.90 Å². The molecule has 76 valence electrons. The molecule has 0 spiro atoms. The highest BCUT2D eigenvalue weighted by Crippen LogP contribution is 2.35. The van der Waals surface area contributed by atoms with Gasteiger partial charge in [-0.15, -0.1) is 0 Å². The van der Waals surface area contributed by atoms with Crippen molar-refractivity contribution in [3.8, 4) is 5.75 Å². The summed E-state index contributed by atoms with van der Waals surface area (Å²) in [5.41, 5.74) is 1.45. The highest BCUT2D eigenvalue weighted by atomic mass is 35.5. The van der Waals surface area contributed by atoms with E-state index in [1.54, 1.807) is 12.1 Å². The van der Waals surface area contributed by atoms with Gasteiger partial charge >= 0.3 is 0 Å². The Labute approximate surface area is 88.5 Å². The summed E-state index contributed by atoms with van der Waals surface area (Å²) < 4.78 is 0. The molecule has 3 heteroatoms. The van der Waals surface area contributed by atoms with Crippen LogP contribution in [0.3, 0.4) is 0 Å². The lowest BCUT2D eigenvalue weighted by Gasteiger charge is -2.14. The number of hydrogen-bond donors (Lipinski definition) is 1. The van der Waals surface area contributed by atoms with Crippen LogP contribution in [-0.4, -0.2) is 11.4 Å². The number of aromatic hydroxyl groups is 1. The molecule has 0 radical (unpaired) electrons. The number of carbonyl (C=O) groups excluding carboxylic acids is 1. The van der Waals surface area contributed by atoms with Crippen molar-refractivity contribution in [1.82, 2.24) is 0 Å². The lowest BCUT2D eigenvalue weighted by atomic mass is 9.95. The summed E-state index contributed by atoms with van der Waals surface area (Å²) in [5.74, 6) is 0.159. The first kappa shape index (κ1) is 11.1. The molecule has 1 N–H and O–H groups in total. The molecular formula is C11H13ClO2. The molecule has 14 heavy (non-hydrogen) atoms. The molecule has 1 atom stereocenters. The van der Waals surface area contributed by atoms with Crippen LogP contribution in [0, 0.1) is 6.92 Å². The van der Waals surface area contributed by atoms with Gasteiger partial charge in [0.1, 0.15) is 12.0 Å². The van der Waals surface area contributed by atoms with Crippen molar-refractivity contribution in [2.45, 2.75) is 26.2 Å². The van der Waals surface area contributed by atoms with E-state index in [-0.39, 0.29) is 11.7 Å². The van der Waals surface area contributed by atoms with E-state index in [1.807, 2.05) is 13.8 Å². The van der Waals surface area contributed by atoms with Crippen molar-refractivity contribution in [2.75, 3.05) is 0 Å². The zero-order valence-corrected chi connectivity index (χ0v) is 9.01. The van der Waals surface area contributed by atoms with Crippen LogP contribution in [0.15, 0.2) is 12.1 Å². The molecule has 0 aliphatic rings. The highest BCUT2D eigenvalue weighted by molar-refractivity contribution is 6.31. The largest absolute Gasteiger partial charge is 0.507 e. The first-order valence-electron chi connectivity index (χ1n) is 4.49. The van der Waals surface area contributed by atoms with Gasteiger partial charge < -0.3 is 9.90 Å². The molecule has 0 saturated heterocycles. The van der Waals surface area contributed by atoms with Crippen molar-refractivity contribution in [2.24, 2.45) is 0 Å². The Balaban J connectivity index is 3.17. The average molecular weight is 213 g/mol. The zero-order chi connectivity index (χ0) is 10.7. The van der Waals surface area contributed by atoms with E-state index in [2.05, 4.69) is 0 Å². The second kappa shape index (κ2) is 4.47. The predicted molar refractivity (Wildman–Crippen MR) is 56.9 cm³/mol. The van der Waals surface area contributed by atoms with Crippen molar-refractivity contribution in [3.05, 3.63) is 28.3 Å². The molecule has 1 unspecified atom stereocenters. The smallest absolute Gasteiger partial charge is 0.123 e. The minimum Gasteiger partial charge on any atom is -0.507 e. The van der Waals surface area contributed by atoms with Crippen LogP contribution in [0.5, 0.6) is 5.75 Å². The number of rotatable bonds is 3. The summed E-state index contributed by atoms with van der Waals surface area (Å²) in [7, 11) is 0. The second-order valence-electron chi connectivity index (χ2n) is 3.43. The Morgan fingerprint density at radius 2 is 2.21 bits per heavy atom. The third kappa shape index (κ3) is 2.07. The van der Waals surface area contributed by atoms with Crippen LogP contribution in [0.2, 0.25) is 5.02 Å². The Morgan fingerprint density at radius 3 is 2.79 bits per heavy atom. The number of phenolic OH excluding ortho intramolecular Hbond substituents is 1. The SMILES string of the molecule is Cc1ccc(Cl)c(C(C)CC=O)c1O. The molecule has 1 aromatic carbocycles. The molecule has 0 fully saturated rings. The maximum Gasteiger partial charge on any atom is 0.123 e. The second-order valence-corrected chi connectivity index (χ2v) is 3.84. The Morgan fingerprint density at radius 1 is 1.57 bits per heavy atom. The van der Waals surface area contributed by atoms with E-state index in [1.165, 1.54) is 0 Å². The monoisotopic (exact) mass is 212 g/mol. The van der Waals surface area contributed by atoms with E-state index in [0.717, 1.165) is 11.8 Å². The molecule has 0 amide bonds. The number of phenols is 1. The van der Waals surface area contributed by atoms with E-state index >= 15 is 0 Å². The first-order valence-corrected chi connectivity index (χ1v) is 4.87. The molecule has 0 saturated carbocycles. The number of carbonyl (C=O) groups is 1. The summed E-state index contributed by atoms with van der Waals surface area (Å²) in [6.07, 6.45) is 1.21. The van der Waals surface area contributed by atoms with Gasteiger partial charge in [0.2, 0.25) is 0 Å². The fourth-order valence-electron chi connectivity index (χ4n) is 1.42. The Hall–Kier alpha value is -1.02. The molecule has 0 bridgehead atoms. The fraction of sp³-hybridized carbons (Fsp3) is 0.364. The van der Waals surface area contributed by atoms with Gasteiger partial charge in [-0.3, -0.25) is 0 Å². The topological polar surface area (TPSA) is 37.3 Å². The number of benzene rings is 1. The number of aldehydes is 1. The van der Waals surface area contributed by atoms with E-state index in [0.29, 0.717) is 17.0 Å². The van der Waals surface area contributed by atoms with E-state index < -0.39 is 0 Å². The van der Waals surface area contributed by atoms with E-state index in [9.17, 15) is 9.90 Å². The number of halogens is 1. The Bertz CT molecular complexity index is 347. The predicted octanol–water partition coefficient (Wildman–Crippen LogP) is 3.05. The van der Waals surface area contributed by atoms with Crippen LogP contribution >= 0.6 is 11.6 Å². The average Bonchev–Trinajstić information content (AvgIpc) is 2.13. The molecule has 2 nitrogen and oxygen atoms in total. The normalized spacial score (nSPS) is 12.5. The quantitative estimate of drug-likeness (QED) is 0.782. The molecule has 0 aromatic heterocycles. The minimum atomic E-state index is -0.0418. The van der Waals surface area contributed by atoms with Crippen molar-refractivity contribution >= 4 is 17.9 Å². The maximum absolute atomic E-state index is 10.4. The molecular weight excluding hydrogens is 200 g/mol. The van der Waals surface area contributed by atoms with Gasteiger partial charge in [-0.2, -0.15) is 0 Å². The van der Waals surface area contributed by atoms with Gasteiger partial charge in [0, 0.05) is 17.0 Å². The van der Waals surface area contributed by atoms with Gasteiger partial charge in [0.15, 0.2) is 0 Å². The van der Waals surface area contributed by atoms with Gasteiger partial charge in [0.25, 0.3) is 0 Å². The van der Waals surface area contributed by atoms with Gasteiger partial charge in [-0.05, 0) is 24.5 Å². The first-order chi connectivity index (χ1) is 6.57. The van der Waals surface area contributed by atoms with Crippen LogP contribution in [-0.2, 0) is 4.79 Å². The number of aryl methyl sites for hydroxylation is 1. The molecule has 1 aromatic rings. The summed E-state index contributed by atoms with van der Waals surface area (Å²) >= 11 is 5.96. The van der Waals surface area contributed by atoms with Crippen molar-refractivity contribution in [3.63, 3.8) is 0 Å². The molecule has 0 aliphatic carbocycles. The third-order valence-electron chi connectivity index (χ3n) is 2.31. The van der Waals surface area contributed by atoms with Crippen LogP contribution in [0.25, 0.3) is 0 Å². The molecule has 1 rings (SSSR count). The zero-order valence-electron chi connectivity index (χ0n) is 8.25.